The summed E-state index contributed by atoms with van der Waals surface area (Å²) in [5.41, 5.74) is 5.02. The first-order chi connectivity index (χ1) is 14.1. The van der Waals surface area contributed by atoms with Gasteiger partial charge in [0.1, 0.15) is 5.82 Å². The molecule has 0 saturated carbocycles. The molecule has 29 heavy (non-hydrogen) atoms. The topological polar surface area (TPSA) is 43.1 Å². The number of hydrogen-bond donors (Lipinski definition) is 0. The van der Waals surface area contributed by atoms with Gasteiger partial charge in [-0.15, -0.1) is 0 Å². The molecule has 2 aromatic heterocycles. The van der Waals surface area contributed by atoms with Crippen LogP contribution in [0.1, 0.15) is 27.2 Å². The van der Waals surface area contributed by atoms with Crippen LogP contribution in [0.3, 0.4) is 0 Å². The van der Waals surface area contributed by atoms with Crippen LogP contribution in [-0.4, -0.2) is 25.2 Å². The van der Waals surface area contributed by atoms with E-state index in [1.165, 1.54) is 0 Å². The molecule has 6 heteroatoms. The first-order valence-electron chi connectivity index (χ1n) is 9.47. The molecular weight excluding hydrogens is 475 g/mol. The summed E-state index contributed by atoms with van der Waals surface area (Å²) in [4.78, 5) is 15.0. The molecule has 5 nitrogen and oxygen atoms in total. The highest BCUT2D eigenvalue weighted by Gasteiger charge is 2.32. The molecule has 1 aliphatic heterocycles. The van der Waals surface area contributed by atoms with Crippen molar-refractivity contribution >= 4 is 28.5 Å². The van der Waals surface area contributed by atoms with Crippen molar-refractivity contribution < 1.29 is 4.79 Å². The number of aromatic nitrogens is 3. The van der Waals surface area contributed by atoms with Crippen LogP contribution < -0.4 is 0 Å². The third kappa shape index (κ3) is 3.07. The molecule has 0 spiro atoms. The number of halogens is 1. The molecular formula is C23H19IN4O. The van der Waals surface area contributed by atoms with Gasteiger partial charge >= 0.3 is 0 Å². The van der Waals surface area contributed by atoms with Gasteiger partial charge in [0, 0.05) is 21.5 Å². The SMILES string of the molecule is Cc1ccccc1-n1nc2c(c1-n1cccc1)CN(C(=O)c1ccccc1I)C2. The number of amides is 1. The molecule has 0 aliphatic carbocycles. The van der Waals surface area contributed by atoms with Crippen molar-refractivity contribution in [2.75, 3.05) is 0 Å². The number of nitrogens with zero attached hydrogens (tertiary/aromatic N) is 4. The lowest BCUT2D eigenvalue weighted by Gasteiger charge is -2.18. The van der Waals surface area contributed by atoms with Crippen molar-refractivity contribution in [3.63, 3.8) is 0 Å². The molecule has 0 saturated heterocycles. The van der Waals surface area contributed by atoms with Crippen LogP contribution in [0.25, 0.3) is 11.5 Å². The molecule has 4 aromatic rings. The second-order valence-electron chi connectivity index (χ2n) is 7.18. The number of rotatable bonds is 3. The Morgan fingerprint density at radius 1 is 0.966 bits per heavy atom. The molecule has 0 unspecified atom stereocenters. The number of carbonyl (C=O) groups is 1. The van der Waals surface area contributed by atoms with E-state index in [2.05, 4.69) is 46.2 Å². The van der Waals surface area contributed by atoms with E-state index in [9.17, 15) is 4.79 Å². The molecule has 144 valence electrons. The van der Waals surface area contributed by atoms with Crippen LogP contribution in [0, 0.1) is 10.5 Å². The van der Waals surface area contributed by atoms with E-state index < -0.39 is 0 Å². The molecule has 2 aromatic carbocycles. The summed E-state index contributed by atoms with van der Waals surface area (Å²) < 4.78 is 5.06. The predicted molar refractivity (Wildman–Crippen MR) is 120 cm³/mol. The van der Waals surface area contributed by atoms with Crippen LogP contribution >= 0.6 is 22.6 Å². The maximum Gasteiger partial charge on any atom is 0.255 e. The van der Waals surface area contributed by atoms with Crippen LogP contribution in [0.4, 0.5) is 0 Å². The van der Waals surface area contributed by atoms with Gasteiger partial charge in [-0.1, -0.05) is 30.3 Å². The Hall–Kier alpha value is -2.87. The van der Waals surface area contributed by atoms with Gasteiger partial charge in [0.15, 0.2) is 0 Å². The molecule has 3 heterocycles. The predicted octanol–water partition coefficient (Wildman–Crippen LogP) is 4.73. The number of hydrogen-bond acceptors (Lipinski definition) is 2. The zero-order valence-electron chi connectivity index (χ0n) is 15.9. The highest BCUT2D eigenvalue weighted by molar-refractivity contribution is 14.1. The number of benzene rings is 2. The average molecular weight is 494 g/mol. The van der Waals surface area contributed by atoms with E-state index in [1.807, 2.05) is 70.5 Å². The van der Waals surface area contributed by atoms with Crippen LogP contribution in [-0.2, 0) is 13.1 Å². The third-order valence-electron chi connectivity index (χ3n) is 5.31. The van der Waals surface area contributed by atoms with Crippen LogP contribution in [0.5, 0.6) is 0 Å². The molecule has 0 N–H and O–H groups in total. The minimum absolute atomic E-state index is 0.0499. The molecule has 0 radical (unpaired) electrons. The summed E-state index contributed by atoms with van der Waals surface area (Å²) in [6.07, 6.45) is 4.05. The largest absolute Gasteiger partial charge is 0.328 e. The van der Waals surface area contributed by atoms with Gasteiger partial charge in [0.05, 0.1) is 30.0 Å². The van der Waals surface area contributed by atoms with Gasteiger partial charge in [-0.05, 0) is 65.4 Å². The Labute approximate surface area is 182 Å². The van der Waals surface area contributed by atoms with Gasteiger partial charge < -0.3 is 9.47 Å². The fraction of sp³-hybridized carbons (Fsp3) is 0.130. The number of para-hydroxylation sites is 1. The second kappa shape index (κ2) is 7.18. The summed E-state index contributed by atoms with van der Waals surface area (Å²) in [6.45, 7) is 3.17. The maximum atomic E-state index is 13.1. The minimum atomic E-state index is 0.0499. The molecule has 0 bridgehead atoms. The molecule has 0 fully saturated rings. The first kappa shape index (κ1) is 18.2. The monoisotopic (exact) mass is 494 g/mol. The summed E-state index contributed by atoms with van der Waals surface area (Å²) in [5.74, 6) is 1.05. The van der Waals surface area contributed by atoms with Crippen LogP contribution in [0.15, 0.2) is 73.1 Å². The fourth-order valence-electron chi connectivity index (χ4n) is 3.86. The van der Waals surface area contributed by atoms with Crippen molar-refractivity contribution in [3.8, 4) is 11.5 Å². The van der Waals surface area contributed by atoms with Gasteiger partial charge in [-0.2, -0.15) is 5.10 Å². The fourth-order valence-corrected chi connectivity index (χ4v) is 4.48. The average Bonchev–Trinajstić information content (AvgIpc) is 3.44. The highest BCUT2D eigenvalue weighted by atomic mass is 127. The lowest BCUT2D eigenvalue weighted by Crippen LogP contribution is -2.27. The Morgan fingerprint density at radius 3 is 2.45 bits per heavy atom. The normalized spacial score (nSPS) is 13.0. The van der Waals surface area contributed by atoms with Crippen molar-refractivity contribution in [3.05, 3.63) is 99.0 Å². The van der Waals surface area contributed by atoms with Gasteiger partial charge in [-0.3, -0.25) is 4.79 Å². The van der Waals surface area contributed by atoms with E-state index >= 15 is 0 Å². The van der Waals surface area contributed by atoms with Gasteiger partial charge in [-0.25, -0.2) is 4.68 Å². The van der Waals surface area contributed by atoms with Crippen molar-refractivity contribution in [2.24, 2.45) is 0 Å². The van der Waals surface area contributed by atoms with E-state index in [0.29, 0.717) is 13.1 Å². The Morgan fingerprint density at radius 2 is 1.69 bits per heavy atom. The number of fused-ring (bicyclic) bond motifs is 1. The summed E-state index contributed by atoms with van der Waals surface area (Å²) >= 11 is 2.22. The third-order valence-corrected chi connectivity index (χ3v) is 6.25. The van der Waals surface area contributed by atoms with Crippen molar-refractivity contribution in [2.45, 2.75) is 20.0 Å². The van der Waals surface area contributed by atoms with Gasteiger partial charge in [0.25, 0.3) is 5.91 Å². The van der Waals surface area contributed by atoms with Crippen molar-refractivity contribution in [1.82, 2.24) is 19.2 Å². The quantitative estimate of drug-likeness (QED) is 0.387. The second-order valence-corrected chi connectivity index (χ2v) is 8.34. The van der Waals surface area contributed by atoms with Gasteiger partial charge in [0.2, 0.25) is 0 Å². The molecule has 1 amide bonds. The molecule has 5 rings (SSSR count). The smallest absolute Gasteiger partial charge is 0.255 e. The molecule has 0 atom stereocenters. The maximum absolute atomic E-state index is 13.1. The van der Waals surface area contributed by atoms with E-state index in [-0.39, 0.29) is 5.91 Å². The standard InChI is InChI=1S/C23H19IN4O/c1-16-8-2-5-11-21(16)28-22(26-12-6-7-13-26)18-14-27(15-20(18)25-28)23(29)17-9-3-4-10-19(17)24/h2-13H,14-15H2,1H3. The number of aryl methyl sites for hydroxylation is 1. The number of carbonyl (C=O) groups excluding carboxylic acids is 1. The van der Waals surface area contributed by atoms with Crippen molar-refractivity contribution in [1.29, 1.82) is 0 Å². The highest BCUT2D eigenvalue weighted by Crippen LogP contribution is 2.32. The van der Waals surface area contributed by atoms with Crippen LogP contribution in [0.2, 0.25) is 0 Å². The Balaban J connectivity index is 1.58. The first-order valence-corrected chi connectivity index (χ1v) is 10.6. The zero-order chi connectivity index (χ0) is 20.0. The van der Waals surface area contributed by atoms with E-state index in [0.717, 1.165) is 37.5 Å². The Bertz CT molecular complexity index is 1210. The lowest BCUT2D eigenvalue weighted by molar-refractivity contribution is 0.0748. The lowest BCUT2D eigenvalue weighted by atomic mass is 10.2. The summed E-state index contributed by atoms with van der Waals surface area (Å²) in [7, 11) is 0. The van der Waals surface area contributed by atoms with E-state index in [1.54, 1.807) is 0 Å². The minimum Gasteiger partial charge on any atom is -0.328 e. The Kier molecular flexibility index (Phi) is 4.50. The molecule has 1 aliphatic rings. The summed E-state index contributed by atoms with van der Waals surface area (Å²) in [6, 6.07) is 20.0. The van der Waals surface area contributed by atoms with E-state index in [4.69, 9.17) is 5.10 Å². The zero-order valence-corrected chi connectivity index (χ0v) is 18.1. The summed E-state index contributed by atoms with van der Waals surface area (Å²) in [5, 5.41) is 4.93.